The highest BCUT2D eigenvalue weighted by Crippen LogP contribution is 2.34. The highest BCUT2D eigenvalue weighted by molar-refractivity contribution is 9.10. The van der Waals surface area contributed by atoms with E-state index in [4.69, 9.17) is 19.5 Å². The third-order valence-electron chi connectivity index (χ3n) is 3.66. The molecule has 0 heterocycles. The van der Waals surface area contributed by atoms with Crippen LogP contribution < -0.4 is 19.5 Å². The van der Waals surface area contributed by atoms with Gasteiger partial charge in [0.1, 0.15) is 23.5 Å². The van der Waals surface area contributed by atoms with Gasteiger partial charge < -0.3 is 19.5 Å². The predicted octanol–water partition coefficient (Wildman–Crippen LogP) is 4.30. The van der Waals surface area contributed by atoms with Gasteiger partial charge in [-0.3, -0.25) is 4.79 Å². The first kappa shape index (κ1) is 21.8. The molecular formula is C21H18BrN3O4. The molecule has 0 atom stereocenters. The maximum atomic E-state index is 12.5. The number of ether oxygens (including phenoxy) is 3. The molecule has 0 saturated carbocycles. The molecule has 1 amide bonds. The molecule has 0 aliphatic carbocycles. The highest BCUT2D eigenvalue weighted by Gasteiger charge is 2.14. The number of nitrogens with one attached hydrogen (secondary N) is 1. The Morgan fingerprint density at radius 1 is 1.17 bits per heavy atom. The first-order valence-electron chi connectivity index (χ1n) is 8.55. The quantitative estimate of drug-likeness (QED) is 0.469. The van der Waals surface area contributed by atoms with Crippen molar-refractivity contribution in [2.45, 2.75) is 6.92 Å². The Morgan fingerprint density at radius 2 is 1.90 bits per heavy atom. The molecule has 7 nitrogen and oxygen atoms in total. The lowest BCUT2D eigenvalue weighted by Gasteiger charge is -2.11. The lowest BCUT2D eigenvalue weighted by atomic mass is 10.1. The third kappa shape index (κ3) is 6.00. The minimum Gasteiger partial charge on any atom is -0.494 e. The minimum absolute atomic E-state index is 0.0904. The molecule has 2 rings (SSSR count). The molecule has 0 bridgehead atoms. The van der Waals surface area contributed by atoms with Gasteiger partial charge in [-0.25, -0.2) is 0 Å². The van der Waals surface area contributed by atoms with Crippen LogP contribution in [0.1, 0.15) is 12.5 Å². The average Bonchev–Trinajstić information content (AvgIpc) is 2.72. The lowest BCUT2D eigenvalue weighted by Crippen LogP contribution is -2.13. The van der Waals surface area contributed by atoms with Crippen LogP contribution in [-0.2, 0) is 4.79 Å². The lowest BCUT2D eigenvalue weighted by molar-refractivity contribution is -0.112. The molecule has 0 aliphatic heterocycles. The van der Waals surface area contributed by atoms with Crippen LogP contribution in [-0.4, -0.2) is 26.2 Å². The van der Waals surface area contributed by atoms with Crippen molar-refractivity contribution in [3.63, 3.8) is 0 Å². The van der Waals surface area contributed by atoms with Crippen molar-refractivity contribution in [3.8, 4) is 29.4 Å². The van der Waals surface area contributed by atoms with Crippen LogP contribution in [0.5, 0.6) is 17.2 Å². The number of hydrogen-bond acceptors (Lipinski definition) is 6. The summed E-state index contributed by atoms with van der Waals surface area (Å²) in [5, 5.41) is 20.8. The normalized spacial score (nSPS) is 10.4. The zero-order valence-corrected chi connectivity index (χ0v) is 17.4. The maximum Gasteiger partial charge on any atom is 0.266 e. The zero-order valence-electron chi connectivity index (χ0n) is 15.9. The Kier molecular flexibility index (Phi) is 8.08. The van der Waals surface area contributed by atoms with Gasteiger partial charge in [0.25, 0.3) is 5.91 Å². The van der Waals surface area contributed by atoms with Crippen LogP contribution in [0.4, 0.5) is 5.69 Å². The van der Waals surface area contributed by atoms with Crippen LogP contribution in [0.25, 0.3) is 6.08 Å². The highest BCUT2D eigenvalue weighted by atomic mass is 79.9. The van der Waals surface area contributed by atoms with Gasteiger partial charge in [0.2, 0.25) is 0 Å². The minimum atomic E-state index is -0.549. The number of rotatable bonds is 8. The Hall–Kier alpha value is -3.49. The van der Waals surface area contributed by atoms with Gasteiger partial charge in [-0.1, -0.05) is 15.9 Å². The summed E-state index contributed by atoms with van der Waals surface area (Å²) in [7, 11) is 1.46. The molecule has 0 saturated heterocycles. The molecule has 2 aromatic carbocycles. The van der Waals surface area contributed by atoms with E-state index in [1.165, 1.54) is 13.2 Å². The molecule has 0 radical (unpaired) electrons. The van der Waals surface area contributed by atoms with Crippen molar-refractivity contribution in [2.24, 2.45) is 0 Å². The Balaban J connectivity index is 2.25. The van der Waals surface area contributed by atoms with Crippen molar-refractivity contribution in [1.29, 1.82) is 10.5 Å². The largest absolute Gasteiger partial charge is 0.494 e. The van der Waals surface area contributed by atoms with E-state index >= 15 is 0 Å². The van der Waals surface area contributed by atoms with Crippen LogP contribution in [0.15, 0.2) is 46.4 Å². The van der Waals surface area contributed by atoms with E-state index in [0.717, 1.165) is 0 Å². The molecule has 0 fully saturated rings. The van der Waals surface area contributed by atoms with Gasteiger partial charge >= 0.3 is 0 Å². The number of halogens is 1. The summed E-state index contributed by atoms with van der Waals surface area (Å²) < 4.78 is 16.5. The van der Waals surface area contributed by atoms with Gasteiger partial charge in [-0.2, -0.15) is 10.5 Å². The van der Waals surface area contributed by atoms with Crippen LogP contribution in [0.3, 0.4) is 0 Å². The molecule has 0 aliphatic rings. The number of nitrogens with zero attached hydrogens (tertiary/aromatic N) is 2. The summed E-state index contributed by atoms with van der Waals surface area (Å²) in [4.78, 5) is 12.5. The van der Waals surface area contributed by atoms with Crippen molar-refractivity contribution >= 4 is 33.6 Å². The smallest absolute Gasteiger partial charge is 0.266 e. The topological polar surface area (TPSA) is 104 Å². The van der Waals surface area contributed by atoms with E-state index in [1.807, 2.05) is 19.1 Å². The van der Waals surface area contributed by atoms with Crippen molar-refractivity contribution in [1.82, 2.24) is 0 Å². The van der Waals surface area contributed by atoms with Gasteiger partial charge in [0.05, 0.1) is 13.7 Å². The molecule has 0 aromatic heterocycles. The van der Waals surface area contributed by atoms with Crippen molar-refractivity contribution < 1.29 is 19.0 Å². The number of nitriles is 2. The van der Waals surface area contributed by atoms with E-state index in [0.29, 0.717) is 39.6 Å². The number of amides is 1. The molecule has 0 spiro atoms. The summed E-state index contributed by atoms with van der Waals surface area (Å²) in [6.45, 7) is 2.30. The molecule has 8 heteroatoms. The Morgan fingerprint density at radius 3 is 2.48 bits per heavy atom. The summed E-state index contributed by atoms with van der Waals surface area (Å²) in [5.74, 6) is 0.887. The monoisotopic (exact) mass is 455 g/mol. The number of carbonyl (C=O) groups is 1. The number of hydrogen-bond donors (Lipinski definition) is 1. The maximum absolute atomic E-state index is 12.5. The summed E-state index contributed by atoms with van der Waals surface area (Å²) >= 11 is 3.38. The number of carbonyl (C=O) groups excluding carboxylic acids is 1. The van der Waals surface area contributed by atoms with E-state index < -0.39 is 5.91 Å². The fraction of sp³-hybridized carbons (Fsp3) is 0.190. The van der Waals surface area contributed by atoms with Crippen molar-refractivity contribution in [3.05, 3.63) is 52.0 Å². The number of anilines is 1. The number of methoxy groups -OCH3 is 1. The first-order chi connectivity index (χ1) is 14.0. The second-order valence-corrected chi connectivity index (χ2v) is 6.41. The summed E-state index contributed by atoms with van der Waals surface area (Å²) in [5.41, 5.74) is 0.994. The second-order valence-electron chi connectivity index (χ2n) is 5.55. The fourth-order valence-electron chi connectivity index (χ4n) is 2.35. The molecule has 2 aromatic rings. The molecular weight excluding hydrogens is 438 g/mol. The van der Waals surface area contributed by atoms with Crippen molar-refractivity contribution in [2.75, 3.05) is 25.6 Å². The van der Waals surface area contributed by atoms with E-state index in [1.54, 1.807) is 36.4 Å². The SMILES string of the molecule is CCOc1ccc(NC(=O)/C(C#N)=C\c2cc(OC)c(OCC#N)cc2Br)cc1. The molecule has 1 N–H and O–H groups in total. The summed E-state index contributed by atoms with van der Waals surface area (Å²) in [6.07, 6.45) is 1.44. The van der Waals surface area contributed by atoms with Crippen LogP contribution >= 0.6 is 15.9 Å². The third-order valence-corrected chi connectivity index (χ3v) is 4.35. The van der Waals surface area contributed by atoms with Crippen LogP contribution in [0.2, 0.25) is 0 Å². The van der Waals surface area contributed by atoms with Gasteiger partial charge in [0, 0.05) is 10.2 Å². The first-order valence-corrected chi connectivity index (χ1v) is 9.35. The van der Waals surface area contributed by atoms with E-state index in [-0.39, 0.29) is 12.2 Å². The second kappa shape index (κ2) is 10.7. The molecule has 29 heavy (non-hydrogen) atoms. The van der Waals surface area contributed by atoms with Crippen LogP contribution in [0, 0.1) is 22.7 Å². The van der Waals surface area contributed by atoms with E-state index in [9.17, 15) is 10.1 Å². The Labute approximate surface area is 177 Å². The Bertz CT molecular complexity index is 989. The van der Waals surface area contributed by atoms with Gasteiger partial charge in [-0.05, 0) is 55.0 Å². The molecule has 148 valence electrons. The fourth-order valence-corrected chi connectivity index (χ4v) is 2.78. The summed E-state index contributed by atoms with van der Waals surface area (Å²) in [6, 6.07) is 13.9. The van der Waals surface area contributed by atoms with Gasteiger partial charge in [0.15, 0.2) is 18.1 Å². The zero-order chi connectivity index (χ0) is 21.2. The molecule has 0 unspecified atom stereocenters. The number of benzene rings is 2. The van der Waals surface area contributed by atoms with Gasteiger partial charge in [-0.15, -0.1) is 0 Å². The predicted molar refractivity (Wildman–Crippen MR) is 112 cm³/mol. The standard InChI is InChI=1S/C21H18BrN3O4/c1-3-28-17-6-4-16(5-7-17)25-21(26)15(13-24)10-14-11-19(27-2)20(12-18(14)22)29-9-8-23/h4-7,10-12H,3,9H2,1-2H3,(H,25,26)/b15-10-. The van der Waals surface area contributed by atoms with E-state index in [2.05, 4.69) is 21.2 Å². The average molecular weight is 456 g/mol.